The lowest BCUT2D eigenvalue weighted by Gasteiger charge is -2.25. The van der Waals surface area contributed by atoms with E-state index in [1.807, 2.05) is 20.0 Å². The number of aliphatic hydroxyl groups excluding tert-OH is 1. The smallest absolute Gasteiger partial charge is 0.0618 e. The van der Waals surface area contributed by atoms with Gasteiger partial charge in [-0.2, -0.15) is 0 Å². The first-order chi connectivity index (χ1) is 6.20. The molecule has 1 aromatic rings. The Bertz CT molecular complexity index is 232. The molecule has 74 valence electrons. The van der Waals surface area contributed by atoms with E-state index in [-0.39, 0.29) is 12.1 Å². The Morgan fingerprint density at radius 1 is 1.69 bits per heavy atom. The van der Waals surface area contributed by atoms with Crippen LogP contribution in [-0.2, 0) is 0 Å². The van der Waals surface area contributed by atoms with Gasteiger partial charge in [-0.25, -0.2) is 0 Å². The van der Waals surface area contributed by atoms with Gasteiger partial charge in [-0.15, -0.1) is 23.1 Å². The van der Waals surface area contributed by atoms with E-state index < -0.39 is 0 Å². The summed E-state index contributed by atoms with van der Waals surface area (Å²) in [5.41, 5.74) is -0.172. The van der Waals surface area contributed by atoms with Crippen LogP contribution in [0.3, 0.4) is 0 Å². The van der Waals surface area contributed by atoms with Gasteiger partial charge in [0.1, 0.15) is 0 Å². The summed E-state index contributed by atoms with van der Waals surface area (Å²) in [6, 6.07) is 4.14. The Morgan fingerprint density at radius 3 is 2.92 bits per heavy atom. The highest BCUT2D eigenvalue weighted by Crippen LogP contribution is 2.26. The molecule has 1 atom stereocenters. The van der Waals surface area contributed by atoms with Crippen LogP contribution in [0.1, 0.15) is 6.92 Å². The van der Waals surface area contributed by atoms with Gasteiger partial charge >= 0.3 is 0 Å². The highest BCUT2D eigenvalue weighted by Gasteiger charge is 2.20. The predicted octanol–water partition coefficient (Wildman–Crippen LogP) is 1.81. The summed E-state index contributed by atoms with van der Waals surface area (Å²) < 4.78 is 1.30. The topological polar surface area (TPSA) is 32.3 Å². The van der Waals surface area contributed by atoms with E-state index >= 15 is 0 Å². The summed E-state index contributed by atoms with van der Waals surface area (Å²) in [5, 5.41) is 14.3. The Kier molecular flexibility index (Phi) is 4.25. The minimum absolute atomic E-state index is 0.169. The summed E-state index contributed by atoms with van der Waals surface area (Å²) in [5.74, 6) is 0.889. The molecule has 0 saturated heterocycles. The van der Waals surface area contributed by atoms with Gasteiger partial charge in [0.05, 0.1) is 10.8 Å². The van der Waals surface area contributed by atoms with Gasteiger partial charge in [0.2, 0.25) is 0 Å². The van der Waals surface area contributed by atoms with E-state index in [0.717, 1.165) is 5.75 Å². The van der Waals surface area contributed by atoms with E-state index in [1.54, 1.807) is 23.1 Å². The third kappa shape index (κ3) is 3.31. The first-order valence-electron chi connectivity index (χ1n) is 4.16. The van der Waals surface area contributed by atoms with E-state index in [4.69, 9.17) is 5.11 Å². The highest BCUT2D eigenvalue weighted by atomic mass is 32.2. The van der Waals surface area contributed by atoms with Gasteiger partial charge in [-0.05, 0) is 25.4 Å². The first-order valence-corrected chi connectivity index (χ1v) is 6.03. The largest absolute Gasteiger partial charge is 0.394 e. The van der Waals surface area contributed by atoms with Gasteiger partial charge in [0.15, 0.2) is 0 Å². The van der Waals surface area contributed by atoms with E-state index in [0.29, 0.717) is 0 Å². The second-order valence-corrected chi connectivity index (χ2v) is 5.41. The third-order valence-corrected chi connectivity index (χ3v) is 4.49. The number of hydrogen-bond donors (Lipinski definition) is 2. The summed E-state index contributed by atoms with van der Waals surface area (Å²) in [6.45, 7) is 2.19. The normalized spacial score (nSPS) is 15.6. The van der Waals surface area contributed by atoms with E-state index in [2.05, 4.69) is 16.8 Å². The second kappa shape index (κ2) is 5.00. The number of aliphatic hydroxyl groups is 1. The molecule has 1 unspecified atom stereocenters. The lowest BCUT2D eigenvalue weighted by Crippen LogP contribution is -2.45. The van der Waals surface area contributed by atoms with Crippen LogP contribution in [0.2, 0.25) is 0 Å². The third-order valence-electron chi connectivity index (χ3n) is 1.98. The molecule has 0 aliphatic rings. The van der Waals surface area contributed by atoms with Crippen LogP contribution in [0, 0.1) is 0 Å². The number of thioether (sulfide) groups is 1. The molecular formula is C9H15NOS2. The summed E-state index contributed by atoms with van der Waals surface area (Å²) in [4.78, 5) is 0. The highest BCUT2D eigenvalue weighted by molar-refractivity contribution is 8.01. The molecule has 0 radical (unpaired) electrons. The molecule has 0 spiro atoms. The van der Waals surface area contributed by atoms with Gasteiger partial charge in [-0.1, -0.05) is 6.07 Å². The van der Waals surface area contributed by atoms with Gasteiger partial charge in [0, 0.05) is 11.3 Å². The van der Waals surface area contributed by atoms with Crippen molar-refractivity contribution in [3.05, 3.63) is 17.5 Å². The van der Waals surface area contributed by atoms with Gasteiger partial charge in [-0.3, -0.25) is 0 Å². The molecule has 13 heavy (non-hydrogen) atoms. The van der Waals surface area contributed by atoms with Crippen molar-refractivity contribution >= 4 is 23.1 Å². The first kappa shape index (κ1) is 11.0. The van der Waals surface area contributed by atoms with Crippen LogP contribution in [0.25, 0.3) is 0 Å². The quantitative estimate of drug-likeness (QED) is 0.738. The number of thiophene rings is 1. The maximum Gasteiger partial charge on any atom is 0.0618 e. The number of hydrogen-bond acceptors (Lipinski definition) is 4. The molecule has 1 rings (SSSR count). The van der Waals surface area contributed by atoms with E-state index in [9.17, 15) is 0 Å². The molecule has 0 saturated carbocycles. The molecule has 2 N–H and O–H groups in total. The molecule has 2 nitrogen and oxygen atoms in total. The molecule has 0 aliphatic heterocycles. The van der Waals surface area contributed by atoms with Crippen LogP contribution in [0.5, 0.6) is 0 Å². The predicted molar refractivity (Wildman–Crippen MR) is 59.6 cm³/mol. The molecule has 0 aromatic carbocycles. The lowest BCUT2D eigenvalue weighted by molar-refractivity contribution is 0.200. The van der Waals surface area contributed by atoms with Crippen molar-refractivity contribution in [2.45, 2.75) is 16.7 Å². The molecule has 0 aliphatic carbocycles. The van der Waals surface area contributed by atoms with Crippen molar-refractivity contribution in [3.63, 3.8) is 0 Å². The Labute approximate surface area is 87.4 Å². The second-order valence-electron chi connectivity index (χ2n) is 3.19. The SMILES string of the molecule is CNC(C)(CO)CSc1cccs1. The Morgan fingerprint density at radius 2 is 2.46 bits per heavy atom. The molecule has 4 heteroatoms. The minimum atomic E-state index is -0.172. The monoisotopic (exact) mass is 217 g/mol. The van der Waals surface area contributed by atoms with E-state index in [1.165, 1.54) is 4.21 Å². The summed E-state index contributed by atoms with van der Waals surface area (Å²) in [7, 11) is 1.88. The fourth-order valence-electron chi connectivity index (χ4n) is 0.773. The Hall–Kier alpha value is -0.0300. The fourth-order valence-corrected chi connectivity index (χ4v) is 2.71. The zero-order valence-electron chi connectivity index (χ0n) is 7.91. The maximum absolute atomic E-state index is 9.14. The zero-order valence-corrected chi connectivity index (χ0v) is 9.54. The number of nitrogens with one attached hydrogen (secondary N) is 1. The average molecular weight is 217 g/mol. The molecule has 0 bridgehead atoms. The number of rotatable bonds is 5. The summed E-state index contributed by atoms with van der Waals surface area (Å²) in [6.07, 6.45) is 0. The zero-order chi connectivity index (χ0) is 9.73. The summed E-state index contributed by atoms with van der Waals surface area (Å²) >= 11 is 3.52. The number of likely N-dealkylation sites (N-methyl/N-ethyl adjacent to an activating group) is 1. The van der Waals surface area contributed by atoms with Crippen molar-refractivity contribution in [2.75, 3.05) is 19.4 Å². The Balaban J connectivity index is 2.41. The van der Waals surface area contributed by atoms with Crippen LogP contribution < -0.4 is 5.32 Å². The molecule has 0 amide bonds. The van der Waals surface area contributed by atoms with Crippen molar-refractivity contribution in [1.29, 1.82) is 0 Å². The van der Waals surface area contributed by atoms with Gasteiger partial charge < -0.3 is 10.4 Å². The molecule has 1 aromatic heterocycles. The maximum atomic E-state index is 9.14. The molecule has 1 heterocycles. The van der Waals surface area contributed by atoms with Crippen LogP contribution >= 0.6 is 23.1 Å². The average Bonchev–Trinajstić information content (AvgIpc) is 2.67. The lowest BCUT2D eigenvalue weighted by atomic mass is 10.1. The van der Waals surface area contributed by atoms with Crippen molar-refractivity contribution in [1.82, 2.24) is 5.32 Å². The van der Waals surface area contributed by atoms with Crippen molar-refractivity contribution < 1.29 is 5.11 Å². The van der Waals surface area contributed by atoms with Crippen molar-refractivity contribution in [2.24, 2.45) is 0 Å². The van der Waals surface area contributed by atoms with Crippen LogP contribution in [-0.4, -0.2) is 30.1 Å². The van der Waals surface area contributed by atoms with Gasteiger partial charge in [0.25, 0.3) is 0 Å². The van der Waals surface area contributed by atoms with Crippen LogP contribution in [0.4, 0.5) is 0 Å². The van der Waals surface area contributed by atoms with Crippen molar-refractivity contribution in [3.8, 4) is 0 Å². The standard InChI is InChI=1S/C9H15NOS2/c1-9(6-11,10-2)7-13-8-4-3-5-12-8/h3-5,10-11H,6-7H2,1-2H3. The minimum Gasteiger partial charge on any atom is -0.394 e. The van der Waals surface area contributed by atoms with Crippen LogP contribution in [0.15, 0.2) is 21.7 Å². The molecule has 0 fully saturated rings. The molecular weight excluding hydrogens is 202 g/mol. The fraction of sp³-hybridized carbons (Fsp3) is 0.556.